The van der Waals surface area contributed by atoms with Gasteiger partial charge in [0.05, 0.1) is 6.61 Å². The van der Waals surface area contributed by atoms with Crippen LogP contribution in [-0.2, 0) is 19.1 Å². The lowest BCUT2D eigenvalue weighted by Crippen LogP contribution is -2.28. The third kappa shape index (κ3) is 41.3. The first-order valence-corrected chi connectivity index (χ1v) is 22.7. The summed E-state index contributed by atoms with van der Waals surface area (Å²) in [5.41, 5.74) is 0. The summed E-state index contributed by atoms with van der Waals surface area (Å²) in [4.78, 5) is 24.3. The molecule has 0 unspecified atom stereocenters. The second-order valence-electron chi connectivity index (χ2n) is 15.5. The number of allylic oxidation sites excluding steroid dienone is 2. The van der Waals surface area contributed by atoms with Crippen LogP contribution in [0.5, 0.6) is 0 Å². The Morgan fingerprint density at radius 1 is 0.431 bits per heavy atom. The van der Waals surface area contributed by atoms with Crippen LogP contribution in [0.25, 0.3) is 0 Å². The number of aliphatic hydroxyl groups excluding tert-OH is 1. The largest absolute Gasteiger partial charge is 0.462 e. The van der Waals surface area contributed by atoms with Gasteiger partial charge in [0.15, 0.2) is 6.10 Å². The van der Waals surface area contributed by atoms with Crippen LogP contribution in [0.1, 0.15) is 251 Å². The summed E-state index contributed by atoms with van der Waals surface area (Å²) in [7, 11) is 0. The number of carbonyl (C=O) groups is 2. The Kier molecular flexibility index (Phi) is 41.9. The highest BCUT2D eigenvalue weighted by atomic mass is 16.6. The monoisotopic (exact) mass is 721 g/mol. The molecule has 5 nitrogen and oxygen atoms in total. The Hall–Kier alpha value is -1.36. The van der Waals surface area contributed by atoms with E-state index in [1.165, 1.54) is 193 Å². The first-order valence-electron chi connectivity index (χ1n) is 22.7. The predicted molar refractivity (Wildman–Crippen MR) is 219 cm³/mol. The van der Waals surface area contributed by atoms with Crippen molar-refractivity contribution >= 4 is 11.9 Å². The molecule has 0 radical (unpaired) electrons. The Morgan fingerprint density at radius 2 is 0.725 bits per heavy atom. The Morgan fingerprint density at radius 3 is 1.06 bits per heavy atom. The molecule has 0 aliphatic rings. The van der Waals surface area contributed by atoms with E-state index in [2.05, 4.69) is 26.0 Å². The first-order chi connectivity index (χ1) is 25.1. The fourth-order valence-corrected chi connectivity index (χ4v) is 6.85. The van der Waals surface area contributed by atoms with Gasteiger partial charge in [-0.3, -0.25) is 9.59 Å². The summed E-state index contributed by atoms with van der Waals surface area (Å²) in [6.07, 6.45) is 50.0. The number of carbonyl (C=O) groups excluding carboxylic acids is 2. The van der Waals surface area contributed by atoms with Crippen LogP contribution in [0.4, 0.5) is 0 Å². The number of hydrogen-bond acceptors (Lipinski definition) is 5. The summed E-state index contributed by atoms with van der Waals surface area (Å²) < 4.78 is 10.6. The second kappa shape index (κ2) is 43.0. The molecule has 0 bridgehead atoms. The van der Waals surface area contributed by atoms with E-state index in [-0.39, 0.29) is 25.2 Å². The van der Waals surface area contributed by atoms with E-state index >= 15 is 0 Å². The van der Waals surface area contributed by atoms with Crippen LogP contribution in [0, 0.1) is 0 Å². The van der Waals surface area contributed by atoms with E-state index in [9.17, 15) is 14.7 Å². The van der Waals surface area contributed by atoms with Crippen LogP contribution >= 0.6 is 0 Å². The smallest absolute Gasteiger partial charge is 0.306 e. The van der Waals surface area contributed by atoms with Crippen molar-refractivity contribution < 1.29 is 24.2 Å². The topological polar surface area (TPSA) is 72.8 Å². The maximum Gasteiger partial charge on any atom is 0.306 e. The fourth-order valence-electron chi connectivity index (χ4n) is 6.85. The molecule has 1 N–H and O–H groups in total. The average Bonchev–Trinajstić information content (AvgIpc) is 3.13. The molecule has 0 aromatic heterocycles. The molecule has 0 aliphatic carbocycles. The minimum absolute atomic E-state index is 0.0610. The lowest BCUT2D eigenvalue weighted by atomic mass is 10.0. The maximum absolute atomic E-state index is 12.2. The lowest BCUT2D eigenvalue weighted by molar-refractivity contribution is -0.161. The molecule has 0 amide bonds. The van der Waals surface area contributed by atoms with Gasteiger partial charge in [0.2, 0.25) is 0 Å². The van der Waals surface area contributed by atoms with Gasteiger partial charge in [-0.05, 0) is 38.5 Å². The highest BCUT2D eigenvalue weighted by Gasteiger charge is 2.16. The molecule has 0 saturated carbocycles. The SMILES string of the molecule is CCCCCCCC/C=C/CCCCCCCCCC(=O)O[C@@H](CO)COC(=O)CCCCCCCCCCCCCCCCCCCCCC. The molecule has 51 heavy (non-hydrogen) atoms. The molecule has 0 spiro atoms. The fraction of sp³-hybridized carbons (Fsp3) is 0.913. The standard InChI is InChI=1S/C46H88O5/c1-3-5-7-9-11-13-15-17-19-21-22-23-25-26-28-30-32-34-36-38-40-45(48)50-43-44(42-47)51-46(49)41-39-37-35-33-31-29-27-24-20-18-16-14-12-10-8-6-4-2/h18,20,44,47H,3-17,19,21-43H2,1-2H3/b20-18+/t44-/m0/s1. The third-order valence-electron chi connectivity index (χ3n) is 10.3. The predicted octanol–water partition coefficient (Wildman–Crippen LogP) is 14.5. The van der Waals surface area contributed by atoms with Crippen molar-refractivity contribution in [3.8, 4) is 0 Å². The number of hydrogen-bond donors (Lipinski definition) is 1. The summed E-state index contributed by atoms with van der Waals surface area (Å²) >= 11 is 0. The molecule has 0 fully saturated rings. The minimum atomic E-state index is -0.767. The summed E-state index contributed by atoms with van der Waals surface area (Å²) in [6.45, 7) is 4.17. The molecular formula is C46H88O5. The van der Waals surface area contributed by atoms with E-state index in [1.54, 1.807) is 0 Å². The van der Waals surface area contributed by atoms with E-state index < -0.39 is 6.10 Å². The van der Waals surface area contributed by atoms with Crippen molar-refractivity contribution in [2.75, 3.05) is 13.2 Å². The van der Waals surface area contributed by atoms with E-state index in [1.807, 2.05) is 0 Å². The van der Waals surface area contributed by atoms with Crippen LogP contribution in [0.2, 0.25) is 0 Å². The Labute approximate surface area is 318 Å². The zero-order chi connectivity index (χ0) is 37.1. The highest BCUT2D eigenvalue weighted by Crippen LogP contribution is 2.16. The van der Waals surface area contributed by atoms with Gasteiger partial charge in [0.1, 0.15) is 6.61 Å². The van der Waals surface area contributed by atoms with Crippen LogP contribution < -0.4 is 0 Å². The number of aliphatic hydroxyl groups is 1. The zero-order valence-corrected chi connectivity index (χ0v) is 34.4. The second-order valence-corrected chi connectivity index (χ2v) is 15.5. The molecule has 0 aliphatic heterocycles. The van der Waals surface area contributed by atoms with Crippen molar-refractivity contribution in [1.29, 1.82) is 0 Å². The molecule has 0 rings (SSSR count). The number of unbranched alkanes of at least 4 members (excludes halogenated alkanes) is 32. The molecule has 302 valence electrons. The highest BCUT2D eigenvalue weighted by molar-refractivity contribution is 5.70. The Bertz CT molecular complexity index is 735. The van der Waals surface area contributed by atoms with Gasteiger partial charge in [-0.15, -0.1) is 0 Å². The van der Waals surface area contributed by atoms with Crippen molar-refractivity contribution in [2.24, 2.45) is 0 Å². The molecule has 5 heteroatoms. The van der Waals surface area contributed by atoms with Crippen molar-refractivity contribution in [3.63, 3.8) is 0 Å². The van der Waals surface area contributed by atoms with Gasteiger partial charge in [-0.25, -0.2) is 0 Å². The van der Waals surface area contributed by atoms with Gasteiger partial charge in [-0.1, -0.05) is 212 Å². The first kappa shape index (κ1) is 49.6. The van der Waals surface area contributed by atoms with Gasteiger partial charge >= 0.3 is 11.9 Å². The van der Waals surface area contributed by atoms with E-state index in [0.717, 1.165) is 32.1 Å². The normalized spacial score (nSPS) is 12.1. The Balaban J connectivity index is 3.47. The zero-order valence-electron chi connectivity index (χ0n) is 34.4. The quantitative estimate of drug-likeness (QED) is 0.0386. The van der Waals surface area contributed by atoms with Gasteiger partial charge in [-0.2, -0.15) is 0 Å². The maximum atomic E-state index is 12.2. The van der Waals surface area contributed by atoms with Crippen LogP contribution in [0.15, 0.2) is 12.2 Å². The van der Waals surface area contributed by atoms with Crippen molar-refractivity contribution in [3.05, 3.63) is 12.2 Å². The molecule has 1 atom stereocenters. The van der Waals surface area contributed by atoms with Crippen LogP contribution in [-0.4, -0.2) is 36.4 Å². The number of rotatable bonds is 42. The van der Waals surface area contributed by atoms with Gasteiger partial charge in [0.25, 0.3) is 0 Å². The van der Waals surface area contributed by atoms with E-state index in [4.69, 9.17) is 9.47 Å². The molecule has 0 saturated heterocycles. The molecule has 0 aromatic rings. The minimum Gasteiger partial charge on any atom is -0.462 e. The van der Waals surface area contributed by atoms with E-state index in [0.29, 0.717) is 12.8 Å². The average molecular weight is 721 g/mol. The lowest BCUT2D eigenvalue weighted by Gasteiger charge is -2.15. The van der Waals surface area contributed by atoms with Crippen molar-refractivity contribution in [1.82, 2.24) is 0 Å². The summed E-state index contributed by atoms with van der Waals surface area (Å²) in [5, 5.41) is 9.59. The van der Waals surface area contributed by atoms with Crippen LogP contribution in [0.3, 0.4) is 0 Å². The van der Waals surface area contributed by atoms with Gasteiger partial charge < -0.3 is 14.6 Å². The number of esters is 2. The molecule has 0 heterocycles. The van der Waals surface area contributed by atoms with Crippen molar-refractivity contribution in [2.45, 2.75) is 258 Å². The number of ether oxygens (including phenoxy) is 2. The molecule has 0 aromatic carbocycles. The summed E-state index contributed by atoms with van der Waals surface area (Å²) in [6, 6.07) is 0. The molecular weight excluding hydrogens is 633 g/mol. The summed E-state index contributed by atoms with van der Waals surface area (Å²) in [5.74, 6) is -0.581. The van der Waals surface area contributed by atoms with Gasteiger partial charge in [0, 0.05) is 12.8 Å². The third-order valence-corrected chi connectivity index (χ3v) is 10.3.